The Kier molecular flexibility index (Phi) is 6.13. The number of nitrogens with one attached hydrogen (secondary N) is 1. The summed E-state index contributed by atoms with van der Waals surface area (Å²) in [6.07, 6.45) is 0.151. The Bertz CT molecular complexity index is 851. The number of methoxy groups -OCH3 is 3. The van der Waals surface area contributed by atoms with Crippen LogP contribution in [0.4, 0.5) is 0 Å². The Balaban J connectivity index is 1.72. The van der Waals surface area contributed by atoms with Crippen LogP contribution in [0.25, 0.3) is 0 Å². The second-order valence-electron chi connectivity index (χ2n) is 6.36. The average Bonchev–Trinajstić information content (AvgIpc) is 2.72. The van der Waals surface area contributed by atoms with Crippen LogP contribution in [-0.2, 0) is 11.2 Å². The zero-order valence-electron chi connectivity index (χ0n) is 16.5. The van der Waals surface area contributed by atoms with Crippen LogP contribution in [0, 0.1) is 0 Å². The summed E-state index contributed by atoms with van der Waals surface area (Å²) in [5.41, 5.74) is 1.66. The molecule has 1 aliphatic heterocycles. The third kappa shape index (κ3) is 4.08. The number of hydrogen-bond donors (Lipinski definition) is 1. The molecule has 2 aromatic carbocycles. The maximum absolute atomic E-state index is 12.6. The van der Waals surface area contributed by atoms with E-state index in [2.05, 4.69) is 5.32 Å². The molecule has 1 N–H and O–H groups in total. The van der Waals surface area contributed by atoms with E-state index in [-0.39, 0.29) is 18.4 Å². The van der Waals surface area contributed by atoms with E-state index in [4.69, 9.17) is 23.7 Å². The molecule has 3 rings (SSSR count). The van der Waals surface area contributed by atoms with Crippen LogP contribution >= 0.6 is 0 Å². The average molecular weight is 387 g/mol. The quantitative estimate of drug-likeness (QED) is 0.787. The van der Waals surface area contributed by atoms with Gasteiger partial charge in [0.25, 0.3) is 0 Å². The lowest BCUT2D eigenvalue weighted by Crippen LogP contribution is -2.28. The topological polar surface area (TPSA) is 75.3 Å². The number of carbonyl (C=O) groups is 1. The number of amides is 1. The zero-order valence-corrected chi connectivity index (χ0v) is 16.5. The van der Waals surface area contributed by atoms with Crippen molar-refractivity contribution in [2.45, 2.75) is 19.4 Å². The molecule has 1 amide bonds. The van der Waals surface area contributed by atoms with Crippen molar-refractivity contribution < 1.29 is 28.5 Å². The van der Waals surface area contributed by atoms with E-state index in [1.807, 2.05) is 25.1 Å². The fraction of sp³-hybridized carbons (Fsp3) is 0.381. The lowest BCUT2D eigenvalue weighted by molar-refractivity contribution is -0.121. The summed E-state index contributed by atoms with van der Waals surface area (Å²) in [6, 6.07) is 9.06. The lowest BCUT2D eigenvalue weighted by Gasteiger charge is -2.21. The van der Waals surface area contributed by atoms with Crippen molar-refractivity contribution in [3.63, 3.8) is 0 Å². The summed E-state index contributed by atoms with van der Waals surface area (Å²) >= 11 is 0. The molecule has 0 saturated carbocycles. The summed E-state index contributed by atoms with van der Waals surface area (Å²) in [7, 11) is 4.63. The third-order valence-corrected chi connectivity index (χ3v) is 4.58. The van der Waals surface area contributed by atoms with Crippen LogP contribution in [0.1, 0.15) is 24.1 Å². The highest BCUT2D eigenvalue weighted by Crippen LogP contribution is 2.40. The molecular formula is C21H25NO6. The predicted octanol–water partition coefficient (Wildman–Crippen LogP) is 2.90. The Morgan fingerprint density at radius 1 is 1.00 bits per heavy atom. The number of fused-ring (bicyclic) bond motifs is 1. The second kappa shape index (κ2) is 8.73. The summed E-state index contributed by atoms with van der Waals surface area (Å²) in [5.74, 6) is 2.80. The van der Waals surface area contributed by atoms with Crippen molar-refractivity contribution in [1.29, 1.82) is 0 Å². The maximum Gasteiger partial charge on any atom is 0.225 e. The van der Waals surface area contributed by atoms with Crippen LogP contribution < -0.4 is 29.0 Å². The van der Waals surface area contributed by atoms with E-state index in [1.54, 1.807) is 19.2 Å². The van der Waals surface area contributed by atoms with Gasteiger partial charge in [0, 0.05) is 5.56 Å². The summed E-state index contributed by atoms with van der Waals surface area (Å²) in [5, 5.41) is 3.01. The minimum absolute atomic E-state index is 0.132. The van der Waals surface area contributed by atoms with E-state index in [1.165, 1.54) is 14.2 Å². The molecular weight excluding hydrogens is 362 g/mol. The lowest BCUT2D eigenvalue weighted by atomic mass is 10.1. The molecule has 7 nitrogen and oxygen atoms in total. The van der Waals surface area contributed by atoms with Gasteiger partial charge < -0.3 is 29.0 Å². The van der Waals surface area contributed by atoms with Crippen LogP contribution in [0.15, 0.2) is 30.3 Å². The van der Waals surface area contributed by atoms with Gasteiger partial charge in [0.05, 0.1) is 33.8 Å². The number of benzene rings is 2. The van der Waals surface area contributed by atoms with Gasteiger partial charge in [0.2, 0.25) is 11.7 Å². The van der Waals surface area contributed by atoms with E-state index in [0.29, 0.717) is 41.8 Å². The smallest absolute Gasteiger partial charge is 0.225 e. The maximum atomic E-state index is 12.6. The summed E-state index contributed by atoms with van der Waals surface area (Å²) in [4.78, 5) is 12.6. The fourth-order valence-corrected chi connectivity index (χ4v) is 3.18. The van der Waals surface area contributed by atoms with Crippen LogP contribution in [0.5, 0.6) is 28.7 Å². The monoisotopic (exact) mass is 387 g/mol. The molecule has 150 valence electrons. The van der Waals surface area contributed by atoms with Gasteiger partial charge >= 0.3 is 0 Å². The van der Waals surface area contributed by atoms with Crippen molar-refractivity contribution in [2.24, 2.45) is 0 Å². The Hall–Kier alpha value is -3.09. The first-order valence-corrected chi connectivity index (χ1v) is 9.04. The molecule has 0 fully saturated rings. The standard InChI is InChI=1S/C21H25NO6/c1-13(14-5-7-16-18(11-14)28-10-9-27-16)22-19(23)12-15-6-8-17(24-2)21(26-4)20(15)25-3/h5-8,11,13H,9-10,12H2,1-4H3,(H,22,23)/t13-/m0/s1. The highest BCUT2D eigenvalue weighted by atomic mass is 16.6. The van der Waals surface area contributed by atoms with Crippen LogP contribution in [-0.4, -0.2) is 40.5 Å². The minimum atomic E-state index is -0.186. The molecule has 0 aliphatic carbocycles. The van der Waals surface area contributed by atoms with E-state index >= 15 is 0 Å². The summed E-state index contributed by atoms with van der Waals surface area (Å²) < 4.78 is 27.3. The van der Waals surface area contributed by atoms with Gasteiger partial charge in [0.1, 0.15) is 13.2 Å². The number of ether oxygens (including phenoxy) is 5. The van der Waals surface area contributed by atoms with Gasteiger partial charge in [-0.2, -0.15) is 0 Å². The minimum Gasteiger partial charge on any atom is -0.493 e. The SMILES string of the molecule is COc1ccc(CC(=O)N[C@@H](C)c2ccc3c(c2)OCCO3)c(OC)c1OC. The van der Waals surface area contributed by atoms with Gasteiger partial charge in [0.15, 0.2) is 23.0 Å². The molecule has 0 bridgehead atoms. The van der Waals surface area contributed by atoms with E-state index in [9.17, 15) is 4.79 Å². The first kappa shape index (κ1) is 19.7. The number of carbonyl (C=O) groups excluding carboxylic acids is 1. The largest absolute Gasteiger partial charge is 0.493 e. The molecule has 0 saturated heterocycles. The van der Waals surface area contributed by atoms with E-state index < -0.39 is 0 Å². The normalized spacial score (nSPS) is 13.4. The first-order chi connectivity index (χ1) is 13.6. The van der Waals surface area contributed by atoms with Crippen molar-refractivity contribution >= 4 is 5.91 Å². The van der Waals surface area contributed by atoms with Gasteiger partial charge in [-0.3, -0.25) is 4.79 Å². The van der Waals surface area contributed by atoms with Gasteiger partial charge in [-0.15, -0.1) is 0 Å². The Morgan fingerprint density at radius 3 is 2.39 bits per heavy atom. The van der Waals surface area contributed by atoms with Crippen molar-refractivity contribution in [3.8, 4) is 28.7 Å². The number of rotatable bonds is 7. The highest BCUT2D eigenvalue weighted by molar-refractivity contribution is 5.80. The molecule has 0 aromatic heterocycles. The number of hydrogen-bond acceptors (Lipinski definition) is 6. The molecule has 0 spiro atoms. The molecule has 2 aromatic rings. The molecule has 28 heavy (non-hydrogen) atoms. The third-order valence-electron chi connectivity index (χ3n) is 4.58. The predicted molar refractivity (Wildman–Crippen MR) is 104 cm³/mol. The molecule has 7 heteroatoms. The molecule has 1 heterocycles. The molecule has 1 aliphatic rings. The zero-order chi connectivity index (χ0) is 20.1. The molecule has 0 radical (unpaired) electrons. The Labute approximate surface area is 164 Å². The summed E-state index contributed by atoms with van der Waals surface area (Å²) in [6.45, 7) is 3.00. The first-order valence-electron chi connectivity index (χ1n) is 9.04. The van der Waals surface area contributed by atoms with Crippen LogP contribution in [0.2, 0.25) is 0 Å². The molecule has 1 atom stereocenters. The van der Waals surface area contributed by atoms with Crippen molar-refractivity contribution in [2.75, 3.05) is 34.5 Å². The van der Waals surface area contributed by atoms with E-state index in [0.717, 1.165) is 11.3 Å². The van der Waals surface area contributed by atoms with Crippen LogP contribution in [0.3, 0.4) is 0 Å². The van der Waals surface area contributed by atoms with Gasteiger partial charge in [-0.25, -0.2) is 0 Å². The second-order valence-corrected chi connectivity index (χ2v) is 6.36. The van der Waals surface area contributed by atoms with Crippen molar-refractivity contribution in [3.05, 3.63) is 41.5 Å². The van der Waals surface area contributed by atoms with Gasteiger partial charge in [-0.1, -0.05) is 12.1 Å². The highest BCUT2D eigenvalue weighted by Gasteiger charge is 2.20. The Morgan fingerprint density at radius 2 is 1.71 bits per heavy atom. The van der Waals surface area contributed by atoms with Crippen molar-refractivity contribution in [1.82, 2.24) is 5.32 Å². The van der Waals surface area contributed by atoms with Gasteiger partial charge in [-0.05, 0) is 30.7 Å². The molecule has 0 unspecified atom stereocenters. The fourth-order valence-electron chi connectivity index (χ4n) is 3.18.